The predicted octanol–water partition coefficient (Wildman–Crippen LogP) is 2.80. The molecule has 0 aliphatic heterocycles. The third-order valence-electron chi connectivity index (χ3n) is 3.52. The molecule has 0 saturated carbocycles. The number of fused-ring (bicyclic) bond motifs is 1. The molecule has 7 nitrogen and oxygen atoms in total. The minimum absolute atomic E-state index is 0.0422. The summed E-state index contributed by atoms with van der Waals surface area (Å²) in [5.41, 5.74) is -0.708. The van der Waals surface area contributed by atoms with E-state index in [9.17, 15) is 14.7 Å². The summed E-state index contributed by atoms with van der Waals surface area (Å²) < 4.78 is 10.1. The first kappa shape index (κ1) is 16.9. The van der Waals surface area contributed by atoms with Gasteiger partial charge in [-0.05, 0) is 38.8 Å². The van der Waals surface area contributed by atoms with Crippen molar-refractivity contribution in [2.24, 2.45) is 0 Å². The number of hydrogen-bond acceptors (Lipinski definition) is 5. The fourth-order valence-electron chi connectivity index (χ4n) is 2.65. The van der Waals surface area contributed by atoms with Gasteiger partial charge in [0, 0.05) is 18.4 Å². The second-order valence-corrected chi connectivity index (χ2v) is 6.58. The number of benzene rings is 1. The number of alkyl carbamates (subject to hydrolysis) is 1. The monoisotopic (exact) mass is 323 g/mol. The fourth-order valence-corrected chi connectivity index (χ4v) is 2.65. The van der Waals surface area contributed by atoms with Gasteiger partial charge in [-0.25, -0.2) is 9.59 Å². The van der Waals surface area contributed by atoms with Crippen LogP contribution in [0.25, 0.3) is 0 Å². The predicted molar refractivity (Wildman–Crippen MR) is 81.3 cm³/mol. The van der Waals surface area contributed by atoms with Gasteiger partial charge in [0.25, 0.3) is 0 Å². The van der Waals surface area contributed by atoms with E-state index in [1.54, 1.807) is 26.8 Å². The molecule has 0 unspecified atom stereocenters. The normalized spacial score (nSPS) is 20.3. The minimum Gasteiger partial charge on any atom is -0.508 e. The number of aryl methyl sites for hydroxylation is 1. The number of phenolic OH excluding ortho intramolecular Hbond substituents is 1. The standard InChI is InChI=1S/C16H21NO6/c1-15(2,3)22-13(19)17-16(23-14(20)21)8-7-10-5-4-6-12(18)11(10)9-16/h4-6,18H,7-9H2,1-3H3,(H,17,19)(H,20,21)/t16-/m0/s1. The van der Waals surface area contributed by atoms with Crippen molar-refractivity contribution in [1.29, 1.82) is 0 Å². The van der Waals surface area contributed by atoms with Crippen LogP contribution in [0, 0.1) is 0 Å². The Morgan fingerprint density at radius 1 is 1.30 bits per heavy atom. The number of nitrogens with one attached hydrogen (secondary N) is 1. The van der Waals surface area contributed by atoms with Gasteiger partial charge < -0.3 is 19.7 Å². The molecule has 0 radical (unpaired) electrons. The molecular weight excluding hydrogens is 302 g/mol. The van der Waals surface area contributed by atoms with E-state index >= 15 is 0 Å². The second kappa shape index (κ2) is 5.98. The lowest BCUT2D eigenvalue weighted by atomic mass is 9.85. The Bertz CT molecular complexity index is 621. The Kier molecular flexibility index (Phi) is 4.40. The second-order valence-electron chi connectivity index (χ2n) is 6.58. The van der Waals surface area contributed by atoms with E-state index < -0.39 is 23.6 Å². The molecule has 126 valence electrons. The summed E-state index contributed by atoms with van der Waals surface area (Å²) in [6, 6.07) is 5.09. The van der Waals surface area contributed by atoms with Gasteiger partial charge in [-0.2, -0.15) is 0 Å². The molecule has 23 heavy (non-hydrogen) atoms. The molecule has 0 heterocycles. The van der Waals surface area contributed by atoms with E-state index in [1.165, 1.54) is 6.07 Å². The maximum atomic E-state index is 12.0. The van der Waals surface area contributed by atoms with Crippen molar-refractivity contribution in [3.05, 3.63) is 29.3 Å². The van der Waals surface area contributed by atoms with Crippen molar-refractivity contribution < 1.29 is 29.3 Å². The topological polar surface area (TPSA) is 105 Å². The zero-order valence-corrected chi connectivity index (χ0v) is 13.4. The van der Waals surface area contributed by atoms with Crippen LogP contribution in [0.3, 0.4) is 0 Å². The third kappa shape index (κ3) is 4.28. The summed E-state index contributed by atoms with van der Waals surface area (Å²) in [4.78, 5) is 23.1. The molecule has 3 N–H and O–H groups in total. The fraction of sp³-hybridized carbons (Fsp3) is 0.500. The van der Waals surface area contributed by atoms with E-state index in [0.29, 0.717) is 12.0 Å². The largest absolute Gasteiger partial charge is 0.508 e. The molecule has 0 spiro atoms. The molecule has 0 bridgehead atoms. The number of phenols is 1. The van der Waals surface area contributed by atoms with E-state index in [2.05, 4.69) is 5.32 Å². The van der Waals surface area contributed by atoms with Crippen molar-refractivity contribution in [3.8, 4) is 5.75 Å². The van der Waals surface area contributed by atoms with Crippen LogP contribution in [-0.4, -0.2) is 33.8 Å². The summed E-state index contributed by atoms with van der Waals surface area (Å²) in [6.45, 7) is 5.12. The number of ether oxygens (including phenoxy) is 2. The van der Waals surface area contributed by atoms with E-state index in [0.717, 1.165) is 5.56 Å². The van der Waals surface area contributed by atoms with Crippen LogP contribution in [0.5, 0.6) is 5.75 Å². The molecular formula is C16H21NO6. The van der Waals surface area contributed by atoms with Gasteiger partial charge in [0.15, 0.2) is 5.72 Å². The average Bonchev–Trinajstić information content (AvgIpc) is 2.36. The van der Waals surface area contributed by atoms with Gasteiger partial charge in [0.2, 0.25) is 0 Å². The quantitative estimate of drug-likeness (QED) is 0.571. The van der Waals surface area contributed by atoms with Crippen LogP contribution in [-0.2, 0) is 22.3 Å². The number of carbonyl (C=O) groups excluding carboxylic acids is 1. The lowest BCUT2D eigenvalue weighted by Gasteiger charge is -2.37. The Labute approximate surface area is 134 Å². The highest BCUT2D eigenvalue weighted by Gasteiger charge is 2.41. The summed E-state index contributed by atoms with van der Waals surface area (Å²) in [6.07, 6.45) is -1.50. The molecule has 1 aliphatic carbocycles. The summed E-state index contributed by atoms with van der Waals surface area (Å²) >= 11 is 0. The number of amides is 1. The van der Waals surface area contributed by atoms with Gasteiger partial charge in [-0.1, -0.05) is 12.1 Å². The van der Waals surface area contributed by atoms with Crippen molar-refractivity contribution in [1.82, 2.24) is 5.32 Å². The van der Waals surface area contributed by atoms with Gasteiger partial charge in [0.1, 0.15) is 11.4 Å². The molecule has 1 aromatic carbocycles. The Balaban J connectivity index is 2.26. The molecule has 1 aliphatic rings. The molecule has 0 saturated heterocycles. The van der Waals surface area contributed by atoms with Crippen LogP contribution in [0.2, 0.25) is 0 Å². The number of carboxylic acid groups (broad SMARTS) is 1. The smallest absolute Gasteiger partial charge is 0.507 e. The van der Waals surface area contributed by atoms with Gasteiger partial charge >= 0.3 is 12.2 Å². The van der Waals surface area contributed by atoms with E-state index in [-0.39, 0.29) is 18.6 Å². The summed E-state index contributed by atoms with van der Waals surface area (Å²) in [5.74, 6) is 0.0477. The SMILES string of the molecule is CC(C)(C)OC(=O)N[C@]1(OC(=O)O)CCc2cccc(O)c2C1. The average molecular weight is 323 g/mol. The number of carbonyl (C=O) groups is 2. The van der Waals surface area contributed by atoms with E-state index in [4.69, 9.17) is 14.6 Å². The molecule has 0 aromatic heterocycles. The summed E-state index contributed by atoms with van der Waals surface area (Å²) in [5, 5.41) is 21.5. The highest BCUT2D eigenvalue weighted by molar-refractivity contribution is 5.69. The van der Waals surface area contributed by atoms with Crippen LogP contribution in [0.4, 0.5) is 9.59 Å². The van der Waals surface area contributed by atoms with Crippen LogP contribution < -0.4 is 5.32 Å². The zero-order valence-electron chi connectivity index (χ0n) is 13.4. The molecule has 1 amide bonds. The Morgan fingerprint density at radius 2 is 2.00 bits per heavy atom. The number of aromatic hydroxyl groups is 1. The Morgan fingerprint density at radius 3 is 2.61 bits per heavy atom. The van der Waals surface area contributed by atoms with Crippen LogP contribution in [0.15, 0.2) is 18.2 Å². The first-order chi connectivity index (χ1) is 10.6. The Hall–Kier alpha value is -2.44. The molecule has 2 rings (SSSR count). The van der Waals surface area contributed by atoms with Crippen LogP contribution >= 0.6 is 0 Å². The molecule has 1 atom stereocenters. The van der Waals surface area contributed by atoms with Gasteiger partial charge in [-0.3, -0.25) is 5.32 Å². The zero-order chi connectivity index (χ0) is 17.3. The lowest BCUT2D eigenvalue weighted by molar-refractivity contribution is -0.0543. The van der Waals surface area contributed by atoms with E-state index in [1.807, 2.05) is 6.07 Å². The van der Waals surface area contributed by atoms with Gasteiger partial charge in [0.05, 0.1) is 0 Å². The maximum Gasteiger partial charge on any atom is 0.507 e. The molecule has 0 fully saturated rings. The van der Waals surface area contributed by atoms with Crippen molar-refractivity contribution in [2.75, 3.05) is 0 Å². The number of rotatable bonds is 2. The first-order valence-corrected chi connectivity index (χ1v) is 7.33. The molecule has 1 aromatic rings. The maximum absolute atomic E-state index is 12.0. The van der Waals surface area contributed by atoms with Crippen molar-refractivity contribution in [3.63, 3.8) is 0 Å². The highest BCUT2D eigenvalue weighted by atomic mass is 16.7. The summed E-state index contributed by atoms with van der Waals surface area (Å²) in [7, 11) is 0. The first-order valence-electron chi connectivity index (χ1n) is 7.33. The number of hydrogen-bond donors (Lipinski definition) is 3. The molecule has 7 heteroatoms. The third-order valence-corrected chi connectivity index (χ3v) is 3.52. The van der Waals surface area contributed by atoms with Crippen LogP contribution in [0.1, 0.15) is 38.3 Å². The van der Waals surface area contributed by atoms with Crippen molar-refractivity contribution in [2.45, 2.75) is 51.4 Å². The minimum atomic E-state index is -1.50. The highest BCUT2D eigenvalue weighted by Crippen LogP contribution is 2.35. The lowest BCUT2D eigenvalue weighted by Crippen LogP contribution is -2.56. The van der Waals surface area contributed by atoms with Crippen molar-refractivity contribution >= 4 is 12.2 Å². The van der Waals surface area contributed by atoms with Gasteiger partial charge in [-0.15, -0.1) is 0 Å².